The van der Waals surface area contributed by atoms with E-state index in [0.29, 0.717) is 18.9 Å². The fraction of sp³-hybridized carbons (Fsp3) is 0.857. The summed E-state index contributed by atoms with van der Waals surface area (Å²) in [5.74, 6) is -0.754. The molecule has 0 spiro atoms. The maximum absolute atomic E-state index is 12.4. The zero-order valence-electron chi connectivity index (χ0n) is 11.3. The minimum atomic E-state index is -0.792. The molecule has 0 unspecified atom stereocenters. The topological polar surface area (TPSA) is 57.6 Å². The van der Waals surface area contributed by atoms with Crippen molar-refractivity contribution in [2.45, 2.75) is 70.9 Å². The van der Waals surface area contributed by atoms with E-state index in [0.717, 1.165) is 19.3 Å². The zero-order valence-corrected chi connectivity index (χ0v) is 11.3. The van der Waals surface area contributed by atoms with Gasteiger partial charge < -0.3 is 10.0 Å². The molecule has 2 rings (SSSR count). The van der Waals surface area contributed by atoms with Crippen LogP contribution in [0.4, 0.5) is 0 Å². The summed E-state index contributed by atoms with van der Waals surface area (Å²) in [6.45, 7) is 4.04. The van der Waals surface area contributed by atoms with Crippen molar-refractivity contribution >= 4 is 11.9 Å². The number of carbonyl (C=O) groups is 2. The minimum Gasteiger partial charge on any atom is -0.481 e. The number of carbonyl (C=O) groups excluding carboxylic acids is 1. The molecular weight excluding hydrogens is 230 g/mol. The molecule has 0 saturated heterocycles. The van der Waals surface area contributed by atoms with Gasteiger partial charge in [0.05, 0.1) is 5.41 Å². The van der Waals surface area contributed by atoms with E-state index >= 15 is 0 Å². The number of carboxylic acid groups (broad SMARTS) is 1. The van der Waals surface area contributed by atoms with Crippen LogP contribution < -0.4 is 0 Å². The summed E-state index contributed by atoms with van der Waals surface area (Å²) in [4.78, 5) is 25.6. The standard InChI is InChI=1S/C14H23NO3/c1-10(2)15(11-5-3-6-11)12(16)9-14(13(17)18)7-4-8-14/h10-11H,3-9H2,1-2H3,(H,17,18). The van der Waals surface area contributed by atoms with Crippen molar-refractivity contribution in [2.75, 3.05) is 0 Å². The van der Waals surface area contributed by atoms with E-state index in [2.05, 4.69) is 0 Å². The fourth-order valence-corrected chi connectivity index (χ4v) is 3.03. The monoisotopic (exact) mass is 253 g/mol. The summed E-state index contributed by atoms with van der Waals surface area (Å²) in [5, 5.41) is 9.29. The molecule has 0 aromatic heterocycles. The Morgan fingerprint density at radius 2 is 1.89 bits per heavy atom. The van der Waals surface area contributed by atoms with Gasteiger partial charge in [0.15, 0.2) is 0 Å². The minimum absolute atomic E-state index is 0.0387. The van der Waals surface area contributed by atoms with E-state index in [4.69, 9.17) is 0 Å². The number of aliphatic carboxylic acids is 1. The molecular formula is C14H23NO3. The van der Waals surface area contributed by atoms with Crippen LogP contribution in [0.15, 0.2) is 0 Å². The lowest BCUT2D eigenvalue weighted by atomic mass is 9.66. The highest BCUT2D eigenvalue weighted by atomic mass is 16.4. The summed E-state index contributed by atoms with van der Waals surface area (Å²) >= 11 is 0. The van der Waals surface area contributed by atoms with Crippen molar-refractivity contribution in [1.82, 2.24) is 4.90 Å². The smallest absolute Gasteiger partial charge is 0.310 e. The molecule has 0 aromatic rings. The molecule has 2 fully saturated rings. The third-order valence-electron chi connectivity index (χ3n) is 4.57. The molecule has 0 radical (unpaired) electrons. The van der Waals surface area contributed by atoms with Crippen LogP contribution in [0.25, 0.3) is 0 Å². The van der Waals surface area contributed by atoms with Crippen LogP contribution in [0.2, 0.25) is 0 Å². The van der Waals surface area contributed by atoms with E-state index in [-0.39, 0.29) is 18.4 Å². The Hall–Kier alpha value is -1.06. The van der Waals surface area contributed by atoms with E-state index in [9.17, 15) is 14.7 Å². The van der Waals surface area contributed by atoms with Gasteiger partial charge in [-0.25, -0.2) is 0 Å². The lowest BCUT2D eigenvalue weighted by molar-refractivity contribution is -0.161. The number of hydrogen-bond acceptors (Lipinski definition) is 2. The first kappa shape index (κ1) is 13.4. The zero-order chi connectivity index (χ0) is 13.3. The summed E-state index contributed by atoms with van der Waals surface area (Å²) in [6, 6.07) is 0.525. The predicted octanol–water partition coefficient (Wildman–Crippen LogP) is 2.42. The summed E-state index contributed by atoms with van der Waals surface area (Å²) in [7, 11) is 0. The van der Waals surface area contributed by atoms with Gasteiger partial charge in [-0.3, -0.25) is 9.59 Å². The highest BCUT2D eigenvalue weighted by Crippen LogP contribution is 2.45. The number of nitrogens with zero attached hydrogens (tertiary/aromatic N) is 1. The highest BCUT2D eigenvalue weighted by molar-refractivity contribution is 5.86. The SMILES string of the molecule is CC(C)N(C(=O)CC1(C(=O)O)CCC1)C1CCC1. The van der Waals surface area contributed by atoms with Crippen molar-refractivity contribution in [3.8, 4) is 0 Å². The van der Waals surface area contributed by atoms with Gasteiger partial charge in [0.2, 0.25) is 5.91 Å². The van der Waals surface area contributed by atoms with E-state index < -0.39 is 11.4 Å². The highest BCUT2D eigenvalue weighted by Gasteiger charge is 2.47. The van der Waals surface area contributed by atoms with Gasteiger partial charge >= 0.3 is 5.97 Å². The van der Waals surface area contributed by atoms with Crippen LogP contribution in [0.5, 0.6) is 0 Å². The van der Waals surface area contributed by atoms with Gasteiger partial charge in [0, 0.05) is 18.5 Å². The maximum atomic E-state index is 12.4. The molecule has 2 aliphatic rings. The van der Waals surface area contributed by atoms with E-state index in [1.54, 1.807) is 0 Å². The molecule has 0 aromatic carbocycles. The largest absolute Gasteiger partial charge is 0.481 e. The lowest BCUT2D eigenvalue weighted by Gasteiger charge is -2.44. The summed E-state index contributed by atoms with van der Waals surface area (Å²) in [6.07, 6.45) is 5.77. The molecule has 0 atom stereocenters. The van der Waals surface area contributed by atoms with Crippen molar-refractivity contribution < 1.29 is 14.7 Å². The molecule has 2 saturated carbocycles. The van der Waals surface area contributed by atoms with Gasteiger partial charge in [-0.05, 0) is 46.0 Å². The summed E-state index contributed by atoms with van der Waals surface area (Å²) in [5.41, 5.74) is -0.756. The Bertz CT molecular complexity index is 343. The van der Waals surface area contributed by atoms with Gasteiger partial charge in [-0.1, -0.05) is 6.42 Å². The van der Waals surface area contributed by atoms with Crippen LogP contribution in [0.3, 0.4) is 0 Å². The second-order valence-electron chi connectivity index (χ2n) is 6.10. The Morgan fingerprint density at radius 3 is 2.17 bits per heavy atom. The molecule has 2 aliphatic carbocycles. The normalized spacial score (nSPS) is 22.2. The van der Waals surface area contributed by atoms with Crippen LogP contribution in [-0.2, 0) is 9.59 Å². The Balaban J connectivity index is 2.02. The first-order valence-electron chi connectivity index (χ1n) is 7.01. The second-order valence-corrected chi connectivity index (χ2v) is 6.10. The second kappa shape index (κ2) is 4.90. The number of rotatable bonds is 5. The predicted molar refractivity (Wildman–Crippen MR) is 68.2 cm³/mol. The van der Waals surface area contributed by atoms with Gasteiger partial charge in [-0.15, -0.1) is 0 Å². The fourth-order valence-electron chi connectivity index (χ4n) is 3.03. The lowest BCUT2D eigenvalue weighted by Crippen LogP contribution is -2.51. The van der Waals surface area contributed by atoms with Crippen molar-refractivity contribution in [3.63, 3.8) is 0 Å². The molecule has 4 heteroatoms. The molecule has 4 nitrogen and oxygen atoms in total. The average Bonchev–Trinajstić information content (AvgIpc) is 2.15. The van der Waals surface area contributed by atoms with Crippen molar-refractivity contribution in [1.29, 1.82) is 0 Å². The molecule has 1 amide bonds. The third kappa shape index (κ3) is 2.25. The quantitative estimate of drug-likeness (QED) is 0.818. The van der Waals surface area contributed by atoms with Crippen LogP contribution >= 0.6 is 0 Å². The first-order valence-corrected chi connectivity index (χ1v) is 7.01. The molecule has 102 valence electrons. The van der Waals surface area contributed by atoms with Gasteiger partial charge in [0.1, 0.15) is 0 Å². The number of carboxylic acids is 1. The summed E-state index contributed by atoms with van der Waals surface area (Å²) < 4.78 is 0. The van der Waals surface area contributed by atoms with Crippen LogP contribution in [0.1, 0.15) is 58.8 Å². The Kier molecular flexibility index (Phi) is 3.64. The number of amides is 1. The van der Waals surface area contributed by atoms with E-state index in [1.807, 2.05) is 18.7 Å². The Labute approximate surface area is 108 Å². The van der Waals surface area contributed by atoms with Crippen LogP contribution in [-0.4, -0.2) is 34.0 Å². The molecule has 0 aliphatic heterocycles. The molecule has 0 bridgehead atoms. The average molecular weight is 253 g/mol. The molecule has 0 heterocycles. The van der Waals surface area contributed by atoms with Crippen LogP contribution in [0, 0.1) is 5.41 Å². The molecule has 1 N–H and O–H groups in total. The van der Waals surface area contributed by atoms with Gasteiger partial charge in [0.25, 0.3) is 0 Å². The number of hydrogen-bond donors (Lipinski definition) is 1. The van der Waals surface area contributed by atoms with E-state index in [1.165, 1.54) is 6.42 Å². The first-order chi connectivity index (χ1) is 8.46. The Morgan fingerprint density at radius 1 is 1.28 bits per heavy atom. The van der Waals surface area contributed by atoms with Crippen molar-refractivity contribution in [3.05, 3.63) is 0 Å². The van der Waals surface area contributed by atoms with Crippen molar-refractivity contribution in [2.24, 2.45) is 5.41 Å². The maximum Gasteiger partial charge on any atom is 0.310 e. The third-order valence-corrected chi connectivity index (χ3v) is 4.57. The molecule has 18 heavy (non-hydrogen) atoms. The van der Waals surface area contributed by atoms with Gasteiger partial charge in [-0.2, -0.15) is 0 Å².